The van der Waals surface area contributed by atoms with Gasteiger partial charge in [0.2, 0.25) is 5.91 Å². The van der Waals surface area contributed by atoms with Crippen LogP contribution in [-0.2, 0) is 4.79 Å². The molecule has 0 spiro atoms. The highest BCUT2D eigenvalue weighted by molar-refractivity contribution is 8.01. The fourth-order valence-corrected chi connectivity index (χ4v) is 4.26. The molecule has 0 aromatic carbocycles. The number of nitrogens with zero attached hydrogens (tertiary/aromatic N) is 1. The first kappa shape index (κ1) is 12.3. The van der Waals surface area contributed by atoms with E-state index in [0.717, 1.165) is 22.2 Å². The van der Waals surface area contributed by atoms with Crippen molar-refractivity contribution in [3.05, 3.63) is 11.1 Å². The number of carbonyl (C=O) groups is 1. The van der Waals surface area contributed by atoms with Gasteiger partial charge in [-0.1, -0.05) is 11.8 Å². The minimum absolute atomic E-state index is 0.130. The maximum Gasteiger partial charge on any atom is 0.230 e. The molecule has 1 atom stereocenters. The van der Waals surface area contributed by atoms with Gasteiger partial charge in [0, 0.05) is 22.9 Å². The third-order valence-electron chi connectivity index (χ3n) is 2.22. The number of aromatic nitrogens is 1. The van der Waals surface area contributed by atoms with Gasteiger partial charge >= 0.3 is 0 Å². The summed E-state index contributed by atoms with van der Waals surface area (Å²) in [5.41, 5.74) is 1.03. The Bertz CT molecular complexity index is 361. The lowest BCUT2D eigenvalue weighted by Crippen LogP contribution is -2.35. The number of hydrogen-bond donors (Lipinski definition) is 1. The lowest BCUT2D eigenvalue weighted by Gasteiger charge is -2.10. The Morgan fingerprint density at radius 1 is 1.75 bits per heavy atom. The number of hydrogen-bond acceptors (Lipinski definition) is 5. The highest BCUT2D eigenvalue weighted by Crippen LogP contribution is 2.22. The molecule has 2 rings (SSSR count). The number of carbonyl (C=O) groups excluding carboxylic acids is 1. The van der Waals surface area contributed by atoms with E-state index in [9.17, 15) is 4.79 Å². The van der Waals surface area contributed by atoms with Crippen molar-refractivity contribution >= 4 is 40.8 Å². The minimum atomic E-state index is 0.130. The molecule has 88 valence electrons. The lowest BCUT2D eigenvalue weighted by molar-refractivity contribution is -0.119. The number of thioether (sulfide) groups is 2. The Kier molecular flexibility index (Phi) is 4.55. The number of amides is 1. The molecule has 0 aliphatic carbocycles. The van der Waals surface area contributed by atoms with E-state index in [-0.39, 0.29) is 5.91 Å². The minimum Gasteiger partial charge on any atom is -0.352 e. The van der Waals surface area contributed by atoms with Crippen molar-refractivity contribution in [3.8, 4) is 0 Å². The van der Waals surface area contributed by atoms with Gasteiger partial charge in [-0.15, -0.1) is 11.3 Å². The highest BCUT2D eigenvalue weighted by Gasteiger charge is 2.17. The largest absolute Gasteiger partial charge is 0.352 e. The molecule has 3 nitrogen and oxygen atoms in total. The quantitative estimate of drug-likeness (QED) is 0.855. The van der Waals surface area contributed by atoms with Gasteiger partial charge in [-0.3, -0.25) is 4.79 Å². The molecule has 0 bridgehead atoms. The predicted octanol–water partition coefficient (Wildman–Crippen LogP) is 2.17. The fourth-order valence-electron chi connectivity index (χ4n) is 1.44. The van der Waals surface area contributed by atoms with Crippen LogP contribution in [0.1, 0.15) is 12.1 Å². The predicted molar refractivity (Wildman–Crippen MR) is 71.4 cm³/mol. The van der Waals surface area contributed by atoms with Crippen LogP contribution in [0.4, 0.5) is 0 Å². The maximum atomic E-state index is 11.6. The Hall–Kier alpha value is -0.200. The molecule has 2 heterocycles. The van der Waals surface area contributed by atoms with Crippen molar-refractivity contribution in [1.82, 2.24) is 10.3 Å². The summed E-state index contributed by atoms with van der Waals surface area (Å²) in [4.78, 5) is 15.9. The summed E-state index contributed by atoms with van der Waals surface area (Å²) < 4.78 is 0.980. The zero-order chi connectivity index (χ0) is 11.4. The normalized spacial score (nSPS) is 19.9. The molecule has 0 saturated carbocycles. The van der Waals surface area contributed by atoms with Crippen molar-refractivity contribution < 1.29 is 4.79 Å². The Balaban J connectivity index is 1.71. The SMILES string of the molecule is Cc1csc(SCC(=O)NC2CCSC2)n1. The molecule has 6 heteroatoms. The molecular formula is C10H14N2OS3. The third kappa shape index (κ3) is 3.68. The van der Waals surface area contributed by atoms with Gasteiger partial charge in [0.05, 0.1) is 5.75 Å². The van der Waals surface area contributed by atoms with Crippen LogP contribution < -0.4 is 5.32 Å². The van der Waals surface area contributed by atoms with Crippen molar-refractivity contribution in [3.63, 3.8) is 0 Å². The molecule has 1 amide bonds. The summed E-state index contributed by atoms with van der Waals surface area (Å²) in [6.07, 6.45) is 1.11. The van der Waals surface area contributed by atoms with Crippen molar-refractivity contribution in [2.45, 2.75) is 23.7 Å². The van der Waals surface area contributed by atoms with Crippen LogP contribution in [-0.4, -0.2) is 34.2 Å². The summed E-state index contributed by atoms with van der Waals surface area (Å²) in [5.74, 6) is 2.84. The van der Waals surface area contributed by atoms with E-state index in [1.165, 1.54) is 17.5 Å². The molecule has 1 N–H and O–H groups in total. The first-order valence-electron chi connectivity index (χ1n) is 5.16. The second kappa shape index (κ2) is 5.93. The maximum absolute atomic E-state index is 11.6. The van der Waals surface area contributed by atoms with E-state index in [1.807, 2.05) is 24.1 Å². The van der Waals surface area contributed by atoms with Gasteiger partial charge in [-0.2, -0.15) is 11.8 Å². The standard InChI is InChI=1S/C10H14N2OS3/c1-7-4-15-10(11-7)16-6-9(13)12-8-2-3-14-5-8/h4,8H,2-3,5-6H2,1H3,(H,12,13). The van der Waals surface area contributed by atoms with Gasteiger partial charge in [0.15, 0.2) is 4.34 Å². The highest BCUT2D eigenvalue weighted by atomic mass is 32.2. The van der Waals surface area contributed by atoms with E-state index >= 15 is 0 Å². The van der Waals surface area contributed by atoms with Crippen LogP contribution in [0.15, 0.2) is 9.72 Å². The van der Waals surface area contributed by atoms with E-state index in [1.54, 1.807) is 11.3 Å². The van der Waals surface area contributed by atoms with Gasteiger partial charge < -0.3 is 5.32 Å². The van der Waals surface area contributed by atoms with Gasteiger partial charge in [0.1, 0.15) is 0 Å². The van der Waals surface area contributed by atoms with Crippen molar-refractivity contribution in [2.75, 3.05) is 17.3 Å². The molecule has 1 aromatic rings. The van der Waals surface area contributed by atoms with Gasteiger partial charge in [0.25, 0.3) is 0 Å². The Morgan fingerprint density at radius 2 is 2.62 bits per heavy atom. The average Bonchev–Trinajstić information content (AvgIpc) is 2.87. The summed E-state index contributed by atoms with van der Waals surface area (Å²) in [7, 11) is 0. The fraction of sp³-hybridized carbons (Fsp3) is 0.600. The summed E-state index contributed by atoms with van der Waals surface area (Å²) in [6, 6.07) is 0.385. The van der Waals surface area contributed by atoms with Crippen LogP contribution in [0.25, 0.3) is 0 Å². The number of thiazole rings is 1. The first-order valence-corrected chi connectivity index (χ1v) is 8.18. The summed E-state index contributed by atoms with van der Waals surface area (Å²) in [5, 5.41) is 5.06. The second-order valence-corrected chi connectivity index (χ2v) is 6.90. The molecular weight excluding hydrogens is 260 g/mol. The first-order chi connectivity index (χ1) is 7.74. The Labute approximate surface area is 108 Å². The molecule has 1 aromatic heterocycles. The summed E-state index contributed by atoms with van der Waals surface area (Å²) >= 11 is 5.03. The van der Waals surface area contributed by atoms with E-state index < -0.39 is 0 Å². The molecule has 1 saturated heterocycles. The Morgan fingerprint density at radius 3 is 3.25 bits per heavy atom. The van der Waals surface area contributed by atoms with Crippen LogP contribution in [0.2, 0.25) is 0 Å². The molecule has 1 fully saturated rings. The second-order valence-electron chi connectivity index (χ2n) is 3.67. The lowest BCUT2D eigenvalue weighted by atomic mass is 10.3. The molecule has 1 aliphatic rings. The molecule has 16 heavy (non-hydrogen) atoms. The zero-order valence-electron chi connectivity index (χ0n) is 9.06. The van der Waals surface area contributed by atoms with Crippen molar-refractivity contribution in [2.24, 2.45) is 0 Å². The summed E-state index contributed by atoms with van der Waals surface area (Å²) in [6.45, 7) is 1.97. The van der Waals surface area contributed by atoms with Crippen LogP contribution >= 0.6 is 34.9 Å². The molecule has 1 aliphatic heterocycles. The smallest absolute Gasteiger partial charge is 0.230 e. The van der Waals surface area contributed by atoms with E-state index in [4.69, 9.17) is 0 Å². The van der Waals surface area contributed by atoms with E-state index in [2.05, 4.69) is 10.3 Å². The van der Waals surface area contributed by atoms with Crippen molar-refractivity contribution in [1.29, 1.82) is 0 Å². The van der Waals surface area contributed by atoms with Crippen LogP contribution in [0.3, 0.4) is 0 Å². The van der Waals surface area contributed by atoms with Crippen LogP contribution in [0, 0.1) is 6.92 Å². The van der Waals surface area contributed by atoms with Gasteiger partial charge in [-0.25, -0.2) is 4.98 Å². The zero-order valence-corrected chi connectivity index (χ0v) is 11.5. The number of nitrogens with one attached hydrogen (secondary N) is 1. The molecule has 1 unspecified atom stereocenters. The van der Waals surface area contributed by atoms with E-state index in [0.29, 0.717) is 11.8 Å². The topological polar surface area (TPSA) is 42.0 Å². The van der Waals surface area contributed by atoms with Gasteiger partial charge in [-0.05, 0) is 19.1 Å². The third-order valence-corrected chi connectivity index (χ3v) is 5.52. The monoisotopic (exact) mass is 274 g/mol. The number of aryl methyl sites for hydroxylation is 1. The average molecular weight is 274 g/mol. The number of rotatable bonds is 4. The van der Waals surface area contributed by atoms with Crippen LogP contribution in [0.5, 0.6) is 0 Å². The molecule has 0 radical (unpaired) electrons.